The van der Waals surface area contributed by atoms with Gasteiger partial charge in [0, 0.05) is 12.6 Å². The van der Waals surface area contributed by atoms with Crippen LogP contribution in [0.2, 0.25) is 0 Å². The van der Waals surface area contributed by atoms with Crippen molar-refractivity contribution in [3.63, 3.8) is 0 Å². The first kappa shape index (κ1) is 13.5. The molecule has 0 aromatic carbocycles. The van der Waals surface area contributed by atoms with E-state index in [1.54, 1.807) is 6.92 Å². The zero-order chi connectivity index (χ0) is 13.0. The van der Waals surface area contributed by atoms with E-state index >= 15 is 0 Å². The lowest BCUT2D eigenvalue weighted by atomic mass is 10.0. The van der Waals surface area contributed by atoms with Crippen molar-refractivity contribution in [1.82, 2.24) is 15.8 Å². The van der Waals surface area contributed by atoms with E-state index in [0.717, 1.165) is 0 Å². The maximum absolute atomic E-state index is 11.7. The van der Waals surface area contributed by atoms with Crippen LogP contribution in [0.3, 0.4) is 0 Å². The van der Waals surface area contributed by atoms with Crippen LogP contribution in [0.1, 0.15) is 29.9 Å². The van der Waals surface area contributed by atoms with Crippen LogP contribution in [-0.2, 0) is 0 Å². The van der Waals surface area contributed by atoms with Crippen LogP contribution < -0.4 is 10.6 Å². The van der Waals surface area contributed by atoms with Gasteiger partial charge in [0.2, 0.25) is 0 Å². The van der Waals surface area contributed by atoms with Gasteiger partial charge in [0.15, 0.2) is 5.69 Å². The summed E-state index contributed by atoms with van der Waals surface area (Å²) >= 11 is 0. The molecule has 0 spiro atoms. The summed E-state index contributed by atoms with van der Waals surface area (Å²) in [5.41, 5.74) is 0.481. The Labute approximate surface area is 100 Å². The van der Waals surface area contributed by atoms with Crippen molar-refractivity contribution in [2.24, 2.45) is 5.92 Å². The third-order valence-electron chi connectivity index (χ3n) is 2.77. The molecule has 0 aliphatic rings. The van der Waals surface area contributed by atoms with Crippen molar-refractivity contribution < 1.29 is 14.4 Å². The second kappa shape index (κ2) is 5.67. The molecule has 1 rings (SSSR count). The van der Waals surface area contributed by atoms with Gasteiger partial charge in [-0.2, -0.15) is 0 Å². The molecule has 3 N–H and O–H groups in total. The zero-order valence-electron chi connectivity index (χ0n) is 10.6. The lowest BCUT2D eigenvalue weighted by molar-refractivity contribution is 0.0937. The van der Waals surface area contributed by atoms with Gasteiger partial charge in [-0.15, -0.1) is 0 Å². The largest absolute Gasteiger partial charge is 0.479 e. The minimum absolute atomic E-state index is 0.126. The summed E-state index contributed by atoms with van der Waals surface area (Å²) < 4.78 is 4.53. The summed E-state index contributed by atoms with van der Waals surface area (Å²) in [6.45, 7) is 6.22. The van der Waals surface area contributed by atoms with E-state index in [0.29, 0.717) is 18.0 Å². The quantitative estimate of drug-likeness (QED) is 0.705. The minimum atomic E-state index is -0.340. The van der Waals surface area contributed by atoms with Crippen molar-refractivity contribution in [2.45, 2.75) is 26.8 Å². The highest BCUT2D eigenvalue weighted by atomic mass is 16.5. The maximum Gasteiger partial charge on any atom is 0.312 e. The molecule has 0 aliphatic heterocycles. The number of rotatable bonds is 5. The van der Waals surface area contributed by atoms with Crippen LogP contribution >= 0.6 is 0 Å². The van der Waals surface area contributed by atoms with E-state index in [2.05, 4.69) is 34.2 Å². The average molecular weight is 241 g/mol. The van der Waals surface area contributed by atoms with E-state index in [-0.39, 0.29) is 23.6 Å². The molecule has 0 bridgehead atoms. The molecule has 1 amide bonds. The smallest absolute Gasteiger partial charge is 0.312 e. The van der Waals surface area contributed by atoms with E-state index in [1.165, 1.54) is 0 Å². The third kappa shape index (κ3) is 3.20. The fourth-order valence-corrected chi connectivity index (χ4v) is 1.50. The highest BCUT2D eigenvalue weighted by Gasteiger charge is 2.19. The van der Waals surface area contributed by atoms with E-state index in [1.807, 2.05) is 7.05 Å². The molecular formula is C11H19N3O3. The number of amides is 1. The Balaban J connectivity index is 2.58. The topological polar surface area (TPSA) is 87.4 Å². The van der Waals surface area contributed by atoms with Crippen molar-refractivity contribution in [3.8, 4) is 5.95 Å². The Kier molecular flexibility index (Phi) is 4.51. The summed E-state index contributed by atoms with van der Waals surface area (Å²) in [5.74, 6) is -0.247. The predicted octanol–water partition coefficient (Wildman–Crippen LogP) is 0.662. The molecule has 1 atom stereocenters. The third-order valence-corrected chi connectivity index (χ3v) is 2.77. The van der Waals surface area contributed by atoms with Crippen LogP contribution in [0.4, 0.5) is 0 Å². The van der Waals surface area contributed by atoms with E-state index in [9.17, 15) is 9.90 Å². The normalized spacial score (nSPS) is 12.8. The molecule has 0 fully saturated rings. The Morgan fingerprint density at radius 2 is 2.18 bits per heavy atom. The van der Waals surface area contributed by atoms with E-state index in [4.69, 9.17) is 0 Å². The lowest BCUT2D eigenvalue weighted by Crippen LogP contribution is -2.42. The van der Waals surface area contributed by atoms with Crippen molar-refractivity contribution in [1.29, 1.82) is 0 Å². The van der Waals surface area contributed by atoms with Gasteiger partial charge < -0.3 is 20.3 Å². The Bertz CT molecular complexity index is 387. The fourth-order valence-electron chi connectivity index (χ4n) is 1.50. The van der Waals surface area contributed by atoms with Crippen LogP contribution in [0.15, 0.2) is 4.52 Å². The summed E-state index contributed by atoms with van der Waals surface area (Å²) in [4.78, 5) is 11.7. The van der Waals surface area contributed by atoms with Crippen LogP contribution in [0.5, 0.6) is 5.95 Å². The number of hydrogen-bond acceptors (Lipinski definition) is 5. The first-order chi connectivity index (χ1) is 7.97. The van der Waals surface area contributed by atoms with Gasteiger partial charge in [0.25, 0.3) is 5.91 Å². The molecular weight excluding hydrogens is 222 g/mol. The Hall–Kier alpha value is -1.56. The first-order valence-corrected chi connectivity index (χ1v) is 5.58. The molecule has 1 aromatic heterocycles. The lowest BCUT2D eigenvalue weighted by Gasteiger charge is -2.20. The van der Waals surface area contributed by atoms with Gasteiger partial charge in [-0.05, 0) is 19.9 Å². The molecule has 1 aromatic rings. The molecule has 17 heavy (non-hydrogen) atoms. The monoisotopic (exact) mass is 241 g/mol. The number of carbonyl (C=O) groups excluding carboxylic acids is 1. The molecule has 0 aliphatic carbocycles. The van der Waals surface area contributed by atoms with Crippen LogP contribution in [-0.4, -0.2) is 35.8 Å². The molecule has 6 nitrogen and oxygen atoms in total. The second-order valence-electron chi connectivity index (χ2n) is 4.31. The predicted molar refractivity (Wildman–Crippen MR) is 62.9 cm³/mol. The summed E-state index contributed by atoms with van der Waals surface area (Å²) in [6, 6.07) is 0.194. The molecule has 0 radical (unpaired) electrons. The van der Waals surface area contributed by atoms with E-state index < -0.39 is 0 Å². The van der Waals surface area contributed by atoms with Gasteiger partial charge in [-0.25, -0.2) is 0 Å². The Morgan fingerprint density at radius 3 is 2.59 bits per heavy atom. The van der Waals surface area contributed by atoms with Crippen molar-refractivity contribution >= 4 is 5.91 Å². The molecule has 1 heterocycles. The summed E-state index contributed by atoms with van der Waals surface area (Å²) in [7, 11) is 1.85. The van der Waals surface area contributed by atoms with Crippen molar-refractivity contribution in [3.05, 3.63) is 11.3 Å². The maximum atomic E-state index is 11.7. The van der Waals surface area contributed by atoms with Gasteiger partial charge in [-0.1, -0.05) is 19.0 Å². The number of hydrogen-bond donors (Lipinski definition) is 3. The molecule has 0 saturated heterocycles. The number of carbonyl (C=O) groups is 1. The number of nitrogens with zero attached hydrogens (tertiary/aromatic N) is 1. The van der Waals surface area contributed by atoms with Gasteiger partial charge in [0.1, 0.15) is 0 Å². The fraction of sp³-hybridized carbons (Fsp3) is 0.636. The standard InChI is InChI=1S/C11H19N3O3/c1-6(2)8(12-4)5-13-10(15)9-7(3)11(16)17-14-9/h6,8,12,16H,5H2,1-4H3,(H,13,15). The molecule has 0 saturated carbocycles. The highest BCUT2D eigenvalue weighted by molar-refractivity contribution is 5.93. The first-order valence-electron chi connectivity index (χ1n) is 5.58. The molecule has 96 valence electrons. The highest BCUT2D eigenvalue weighted by Crippen LogP contribution is 2.18. The van der Waals surface area contributed by atoms with Crippen LogP contribution in [0.25, 0.3) is 0 Å². The number of aromatic nitrogens is 1. The zero-order valence-corrected chi connectivity index (χ0v) is 10.6. The molecule has 6 heteroatoms. The second-order valence-corrected chi connectivity index (χ2v) is 4.31. The van der Waals surface area contributed by atoms with Gasteiger partial charge in [0.05, 0.1) is 5.56 Å². The average Bonchev–Trinajstić information content (AvgIpc) is 2.60. The minimum Gasteiger partial charge on any atom is -0.479 e. The molecule has 1 unspecified atom stereocenters. The summed E-state index contributed by atoms with van der Waals surface area (Å²) in [6.07, 6.45) is 0. The number of nitrogens with one attached hydrogen (secondary N) is 2. The van der Waals surface area contributed by atoms with Gasteiger partial charge >= 0.3 is 5.95 Å². The Morgan fingerprint density at radius 1 is 1.53 bits per heavy atom. The SMILES string of the molecule is CNC(CNC(=O)c1noc(O)c1C)C(C)C. The number of aromatic hydroxyl groups is 1. The van der Waals surface area contributed by atoms with Crippen LogP contribution in [0, 0.1) is 12.8 Å². The number of likely N-dealkylation sites (N-methyl/N-ethyl adjacent to an activating group) is 1. The summed E-state index contributed by atoms with van der Waals surface area (Å²) in [5, 5.41) is 18.6. The van der Waals surface area contributed by atoms with Gasteiger partial charge in [-0.3, -0.25) is 4.79 Å². The van der Waals surface area contributed by atoms with Crippen molar-refractivity contribution in [2.75, 3.05) is 13.6 Å².